The maximum atomic E-state index is 2.61. The lowest BCUT2D eigenvalue weighted by Gasteiger charge is -2.18. The topological polar surface area (TPSA) is 9.03 Å². The van der Waals surface area contributed by atoms with E-state index < -0.39 is 0 Å². The first-order valence-corrected chi connectivity index (χ1v) is 5.20. The normalized spacial score (nSPS) is 30.3. The van der Waals surface area contributed by atoms with Crippen LogP contribution in [0.15, 0.2) is 0 Å². The maximum absolute atomic E-state index is 2.61. The molecule has 3 heterocycles. The second-order valence-corrected chi connectivity index (χ2v) is 5.36. The highest BCUT2D eigenvalue weighted by Gasteiger charge is 2.45. The summed E-state index contributed by atoms with van der Waals surface area (Å²) in [7, 11) is 0.0957. The van der Waals surface area contributed by atoms with Gasteiger partial charge in [-0.3, -0.25) is 14.0 Å². The third-order valence-electron chi connectivity index (χ3n) is 2.03. The van der Waals surface area contributed by atoms with Gasteiger partial charge < -0.3 is 0 Å². The lowest BCUT2D eigenvalue weighted by Crippen LogP contribution is -2.05. The fourth-order valence-corrected chi connectivity index (χ4v) is 3.62. The molecule has 0 aromatic carbocycles. The predicted octanol–water partition coefficient (Wildman–Crippen LogP) is 0.273. The van der Waals surface area contributed by atoms with Crippen molar-refractivity contribution < 1.29 is 0 Å². The molecular weight excluding hydrogens is 177 g/mol. The third-order valence-corrected chi connectivity index (χ3v) is 4.75. The molecule has 0 atom stereocenters. The predicted molar refractivity (Wildman–Crippen MR) is 52.0 cm³/mol. The van der Waals surface area contributed by atoms with Gasteiger partial charge in [-0.05, 0) is 0 Å². The first-order valence-electron chi connectivity index (χ1n) is 4.00. The van der Waals surface area contributed by atoms with Crippen LogP contribution in [0.3, 0.4) is 0 Å². The minimum absolute atomic E-state index is 0. The largest absolute Gasteiger partial charge is 0.255 e. The summed E-state index contributed by atoms with van der Waals surface area (Å²) in [6.45, 7) is 8.16. The number of rotatable bonds is 3. The molecule has 3 fully saturated rings. The molecule has 0 N–H and O–H groups in total. The van der Waals surface area contributed by atoms with E-state index in [0.717, 1.165) is 0 Å². The van der Waals surface area contributed by atoms with Crippen molar-refractivity contribution in [3.63, 3.8) is 0 Å². The summed E-state index contributed by atoms with van der Waals surface area (Å²) < 4.78 is 7.82. The lowest BCUT2D eigenvalue weighted by molar-refractivity contribution is 0.702. The number of nitrogens with zero attached hydrogens (tertiary/aromatic N) is 3. The van der Waals surface area contributed by atoms with Gasteiger partial charge >= 0.3 is 0 Å². The number of hydrogen-bond donors (Lipinski definition) is 0. The van der Waals surface area contributed by atoms with Crippen LogP contribution in [0.5, 0.6) is 0 Å². The first kappa shape index (κ1) is 8.27. The second kappa shape index (κ2) is 2.86. The minimum Gasteiger partial charge on any atom is -0.255 e. The van der Waals surface area contributed by atoms with Crippen LogP contribution >= 0.6 is 21.9 Å². The van der Waals surface area contributed by atoms with Crippen LogP contribution in [0, 0.1) is 0 Å². The van der Waals surface area contributed by atoms with Gasteiger partial charge in [0.05, 0.1) is 0 Å². The Morgan fingerprint density at radius 3 is 1.09 bits per heavy atom. The van der Waals surface area contributed by atoms with Crippen molar-refractivity contribution in [2.75, 3.05) is 39.3 Å². The van der Waals surface area contributed by atoms with Crippen molar-refractivity contribution in [2.45, 2.75) is 0 Å². The molecule has 3 rings (SSSR count). The fraction of sp³-hybridized carbons (Fsp3) is 1.00. The van der Waals surface area contributed by atoms with Gasteiger partial charge in [0, 0.05) is 39.3 Å². The molecule has 3 saturated heterocycles. The SMILES string of the molecule is C1CN1P(N1CC1)N1CC1.S. The van der Waals surface area contributed by atoms with Crippen LogP contribution in [0.4, 0.5) is 0 Å². The molecule has 11 heavy (non-hydrogen) atoms. The van der Waals surface area contributed by atoms with Gasteiger partial charge in [0.25, 0.3) is 0 Å². The number of hydrogen-bond acceptors (Lipinski definition) is 3. The Hall–Kier alpha value is 0.660. The summed E-state index contributed by atoms with van der Waals surface area (Å²) >= 11 is 0. The van der Waals surface area contributed by atoms with Crippen LogP contribution in [-0.2, 0) is 0 Å². The van der Waals surface area contributed by atoms with E-state index >= 15 is 0 Å². The van der Waals surface area contributed by atoms with Gasteiger partial charge in [-0.15, -0.1) is 0 Å². The summed E-state index contributed by atoms with van der Waals surface area (Å²) in [6.07, 6.45) is 0. The quantitative estimate of drug-likeness (QED) is 0.468. The third kappa shape index (κ3) is 1.70. The zero-order valence-electron chi connectivity index (χ0n) is 6.53. The van der Waals surface area contributed by atoms with E-state index in [1.165, 1.54) is 39.3 Å². The molecule has 3 aliphatic heterocycles. The molecule has 0 amide bonds. The lowest BCUT2D eigenvalue weighted by atomic mass is 11.0. The van der Waals surface area contributed by atoms with Crippen molar-refractivity contribution in [1.82, 2.24) is 14.0 Å². The summed E-state index contributed by atoms with van der Waals surface area (Å²) in [4.78, 5) is 0. The molecular formula is C6H14N3PS. The van der Waals surface area contributed by atoms with Crippen LogP contribution in [-0.4, -0.2) is 53.3 Å². The Morgan fingerprint density at radius 2 is 0.909 bits per heavy atom. The monoisotopic (exact) mass is 191 g/mol. The second-order valence-electron chi connectivity index (χ2n) is 3.13. The fourth-order valence-electron chi connectivity index (χ4n) is 1.21. The summed E-state index contributed by atoms with van der Waals surface area (Å²) in [5.41, 5.74) is 0. The molecule has 64 valence electrons. The van der Waals surface area contributed by atoms with Gasteiger partial charge in [0.15, 0.2) is 0 Å². The zero-order chi connectivity index (χ0) is 6.55. The average Bonchev–Trinajstić information content (AvgIpc) is 2.78. The summed E-state index contributed by atoms with van der Waals surface area (Å²) in [5, 5.41) is 0. The van der Waals surface area contributed by atoms with Crippen molar-refractivity contribution in [3.8, 4) is 0 Å². The van der Waals surface area contributed by atoms with Crippen LogP contribution in [0.2, 0.25) is 0 Å². The van der Waals surface area contributed by atoms with Crippen molar-refractivity contribution >= 4 is 21.9 Å². The Bertz CT molecular complexity index is 127. The van der Waals surface area contributed by atoms with E-state index in [0.29, 0.717) is 0 Å². The van der Waals surface area contributed by atoms with Gasteiger partial charge in [-0.25, -0.2) is 0 Å². The van der Waals surface area contributed by atoms with Crippen LogP contribution in [0.25, 0.3) is 0 Å². The van der Waals surface area contributed by atoms with E-state index in [4.69, 9.17) is 0 Å². The molecule has 0 aliphatic carbocycles. The summed E-state index contributed by atoms with van der Waals surface area (Å²) in [5.74, 6) is 0. The average molecular weight is 191 g/mol. The Labute approximate surface area is 75.7 Å². The highest BCUT2D eigenvalue weighted by Crippen LogP contribution is 2.57. The van der Waals surface area contributed by atoms with Crippen LogP contribution < -0.4 is 0 Å². The van der Waals surface area contributed by atoms with E-state index in [2.05, 4.69) is 14.0 Å². The maximum Gasteiger partial charge on any atom is 0.120 e. The van der Waals surface area contributed by atoms with E-state index in [-0.39, 0.29) is 21.9 Å². The van der Waals surface area contributed by atoms with Gasteiger partial charge in [0.1, 0.15) is 8.37 Å². The minimum atomic E-state index is 0. The molecule has 0 bridgehead atoms. The first-order chi connectivity index (χ1) is 4.95. The summed E-state index contributed by atoms with van der Waals surface area (Å²) in [6, 6.07) is 0. The van der Waals surface area contributed by atoms with Crippen molar-refractivity contribution in [2.24, 2.45) is 0 Å². The Balaban J connectivity index is 0.000000480. The Kier molecular flexibility index (Phi) is 2.15. The highest BCUT2D eigenvalue weighted by molar-refractivity contribution is 7.59. The molecule has 0 aromatic heterocycles. The van der Waals surface area contributed by atoms with E-state index in [9.17, 15) is 0 Å². The van der Waals surface area contributed by atoms with Crippen molar-refractivity contribution in [1.29, 1.82) is 0 Å². The van der Waals surface area contributed by atoms with Crippen molar-refractivity contribution in [3.05, 3.63) is 0 Å². The molecule has 0 radical (unpaired) electrons. The molecule has 0 saturated carbocycles. The standard InChI is InChI=1S/C6H12N3P.H2S/c1-2-7(1)10(8-3-4-8)9-5-6-9;/h1-6H2;1H2. The van der Waals surface area contributed by atoms with Gasteiger partial charge in [0.2, 0.25) is 0 Å². The molecule has 0 unspecified atom stereocenters. The molecule has 3 nitrogen and oxygen atoms in total. The van der Waals surface area contributed by atoms with E-state index in [1.54, 1.807) is 0 Å². The van der Waals surface area contributed by atoms with E-state index in [1.807, 2.05) is 0 Å². The van der Waals surface area contributed by atoms with Gasteiger partial charge in [-0.2, -0.15) is 13.5 Å². The Morgan fingerprint density at radius 1 is 0.636 bits per heavy atom. The highest BCUT2D eigenvalue weighted by atomic mass is 32.1. The molecule has 5 heteroatoms. The zero-order valence-corrected chi connectivity index (χ0v) is 8.43. The van der Waals surface area contributed by atoms with Gasteiger partial charge in [-0.1, -0.05) is 0 Å². The smallest absolute Gasteiger partial charge is 0.120 e. The molecule has 0 spiro atoms. The molecule has 0 aromatic rings. The molecule has 3 aliphatic rings. The van der Waals surface area contributed by atoms with Crippen LogP contribution in [0.1, 0.15) is 0 Å².